The van der Waals surface area contributed by atoms with Crippen molar-refractivity contribution in [1.29, 1.82) is 0 Å². The second-order valence-electron chi connectivity index (χ2n) is 10.8. The monoisotopic (exact) mass is 553 g/mol. The fourth-order valence-electron chi connectivity index (χ4n) is 5.91. The molecule has 9 nitrogen and oxygen atoms in total. The van der Waals surface area contributed by atoms with Crippen LogP contribution in [0.3, 0.4) is 0 Å². The molecule has 2 saturated heterocycles. The van der Waals surface area contributed by atoms with E-state index in [2.05, 4.69) is 11.6 Å². The molecule has 3 aromatic rings. The summed E-state index contributed by atoms with van der Waals surface area (Å²) in [6.45, 7) is 9.48. The highest BCUT2D eigenvalue weighted by Crippen LogP contribution is 2.46. The zero-order valence-corrected chi connectivity index (χ0v) is 22.6. The summed E-state index contributed by atoms with van der Waals surface area (Å²) in [6, 6.07) is 5.72. The number of amides is 1. The molecular weight excluding hydrogens is 525 g/mol. The Bertz CT molecular complexity index is 1560. The van der Waals surface area contributed by atoms with E-state index >= 15 is 4.39 Å². The molecule has 204 valence electrons. The van der Waals surface area contributed by atoms with Crippen molar-refractivity contribution in [1.82, 2.24) is 19.4 Å². The summed E-state index contributed by atoms with van der Waals surface area (Å²) >= 11 is 6.91. The average molecular weight is 554 g/mol. The van der Waals surface area contributed by atoms with Gasteiger partial charge in [0.15, 0.2) is 11.4 Å². The van der Waals surface area contributed by atoms with Crippen LogP contribution in [0.25, 0.3) is 22.3 Å². The predicted octanol–water partition coefficient (Wildman–Crippen LogP) is 3.98. The third-order valence-corrected chi connectivity index (χ3v) is 8.11. The molecule has 3 aliphatic rings. The molecule has 2 aromatic heterocycles. The summed E-state index contributed by atoms with van der Waals surface area (Å²) in [5, 5.41) is 0.655. The molecule has 39 heavy (non-hydrogen) atoms. The molecule has 5 heterocycles. The van der Waals surface area contributed by atoms with Crippen LogP contribution in [-0.2, 0) is 9.53 Å². The number of nitrogens with zero attached hydrogens (tertiary/aromatic N) is 5. The summed E-state index contributed by atoms with van der Waals surface area (Å²) in [5.74, 6) is 0.0563. The van der Waals surface area contributed by atoms with Crippen molar-refractivity contribution in [3.05, 3.63) is 58.2 Å². The second kappa shape index (κ2) is 9.60. The van der Waals surface area contributed by atoms with Crippen LogP contribution < -0.4 is 15.3 Å². The molecule has 0 saturated carbocycles. The molecule has 3 aliphatic heterocycles. The largest absolute Gasteiger partial charge is 0.489 e. The summed E-state index contributed by atoms with van der Waals surface area (Å²) in [7, 11) is 0. The zero-order valence-electron chi connectivity index (χ0n) is 21.8. The van der Waals surface area contributed by atoms with Gasteiger partial charge in [-0.15, -0.1) is 0 Å². The lowest BCUT2D eigenvalue weighted by atomic mass is 9.93. The molecule has 0 radical (unpaired) electrons. The van der Waals surface area contributed by atoms with Gasteiger partial charge in [0.2, 0.25) is 5.91 Å². The van der Waals surface area contributed by atoms with Crippen molar-refractivity contribution < 1.29 is 18.7 Å². The van der Waals surface area contributed by atoms with Gasteiger partial charge in [-0.05, 0) is 44.9 Å². The summed E-state index contributed by atoms with van der Waals surface area (Å²) in [6.07, 6.45) is 2.46. The van der Waals surface area contributed by atoms with E-state index in [1.807, 2.05) is 18.7 Å². The number of piperazine rings is 1. The van der Waals surface area contributed by atoms with Gasteiger partial charge in [0.25, 0.3) is 0 Å². The first-order chi connectivity index (χ1) is 18.7. The number of rotatable bonds is 3. The minimum Gasteiger partial charge on any atom is -0.489 e. The fraction of sp³-hybridized carbons (Fsp3) is 0.429. The summed E-state index contributed by atoms with van der Waals surface area (Å²) in [5.41, 5.74) is -0.155. The first-order valence-electron chi connectivity index (χ1n) is 13.0. The van der Waals surface area contributed by atoms with Crippen molar-refractivity contribution >= 4 is 34.4 Å². The highest BCUT2D eigenvalue weighted by Gasteiger charge is 2.39. The molecule has 11 heteroatoms. The smallest absolute Gasteiger partial charge is 0.351 e. The van der Waals surface area contributed by atoms with Crippen LogP contribution in [0.2, 0.25) is 5.02 Å². The van der Waals surface area contributed by atoms with Gasteiger partial charge in [0.1, 0.15) is 28.7 Å². The Balaban J connectivity index is 1.60. The number of benzene rings is 1. The first kappa shape index (κ1) is 25.8. The van der Waals surface area contributed by atoms with E-state index in [9.17, 15) is 9.59 Å². The number of halogens is 2. The van der Waals surface area contributed by atoms with E-state index in [-0.39, 0.29) is 40.9 Å². The maximum Gasteiger partial charge on any atom is 0.351 e. The van der Waals surface area contributed by atoms with Crippen LogP contribution in [0.5, 0.6) is 5.75 Å². The molecule has 0 N–H and O–H groups in total. The van der Waals surface area contributed by atoms with Gasteiger partial charge in [-0.25, -0.2) is 14.2 Å². The van der Waals surface area contributed by atoms with Crippen LogP contribution >= 0.6 is 11.6 Å². The van der Waals surface area contributed by atoms with E-state index in [1.165, 1.54) is 12.1 Å². The Labute approximate surface area is 229 Å². The number of fused-ring (bicyclic) bond motifs is 2. The summed E-state index contributed by atoms with van der Waals surface area (Å²) in [4.78, 5) is 39.2. The molecule has 6 rings (SSSR count). The first-order valence-corrected chi connectivity index (χ1v) is 13.4. The lowest BCUT2D eigenvalue weighted by Gasteiger charge is -2.40. The summed E-state index contributed by atoms with van der Waals surface area (Å²) < 4.78 is 28.8. The Hall–Kier alpha value is -3.50. The third kappa shape index (κ3) is 4.35. The van der Waals surface area contributed by atoms with E-state index in [0.29, 0.717) is 61.7 Å². The molecule has 0 unspecified atom stereocenters. The Morgan fingerprint density at radius 2 is 2.03 bits per heavy atom. The Morgan fingerprint density at radius 3 is 2.77 bits per heavy atom. The number of pyridine rings is 1. The normalized spacial score (nSPS) is 22.2. The number of ether oxygens (including phenoxy) is 2. The highest BCUT2D eigenvalue weighted by atomic mass is 35.5. The number of hydrogen-bond donors (Lipinski definition) is 0. The van der Waals surface area contributed by atoms with E-state index in [4.69, 9.17) is 26.1 Å². The number of hydrogen-bond acceptors (Lipinski definition) is 7. The van der Waals surface area contributed by atoms with Crippen molar-refractivity contribution in [2.45, 2.75) is 44.4 Å². The maximum absolute atomic E-state index is 15.0. The van der Waals surface area contributed by atoms with Crippen LogP contribution in [0.15, 0.2) is 41.7 Å². The number of aromatic nitrogens is 3. The lowest BCUT2D eigenvalue weighted by Crippen LogP contribution is -2.56. The quantitative estimate of drug-likeness (QED) is 0.453. The molecule has 0 bridgehead atoms. The van der Waals surface area contributed by atoms with Gasteiger partial charge in [-0.1, -0.05) is 30.3 Å². The van der Waals surface area contributed by atoms with Crippen molar-refractivity contribution in [2.24, 2.45) is 0 Å². The molecule has 2 atom stereocenters. The molecule has 2 fully saturated rings. The minimum atomic E-state index is -0.488. The van der Waals surface area contributed by atoms with Gasteiger partial charge in [-0.3, -0.25) is 9.36 Å². The van der Waals surface area contributed by atoms with E-state index < -0.39 is 17.1 Å². The van der Waals surface area contributed by atoms with Gasteiger partial charge in [0, 0.05) is 37.8 Å². The van der Waals surface area contributed by atoms with Crippen LogP contribution in [0.1, 0.15) is 32.7 Å². The topological polar surface area (TPSA) is 89.8 Å². The van der Waals surface area contributed by atoms with E-state index in [1.54, 1.807) is 27.7 Å². The SMILES string of the molecule is C=CC(=O)N1CCN2c3nc(=O)n([C@@H]4CCOC(C)(C)C4)c4nc(-c5ccccc5F)c(Cl)c(c34)OC[C@H]2C1. The lowest BCUT2D eigenvalue weighted by molar-refractivity contribution is -0.126. The Kier molecular flexibility index (Phi) is 6.34. The van der Waals surface area contributed by atoms with Crippen molar-refractivity contribution in [3.8, 4) is 17.0 Å². The number of carbonyl (C=O) groups excluding carboxylic acids is 1. The fourth-order valence-corrected chi connectivity index (χ4v) is 6.20. The second-order valence-corrected chi connectivity index (χ2v) is 11.1. The standard InChI is InChI=1S/C28H29ClFN5O4/c1-4-20(36)33-10-11-34-17(14-33)15-38-24-21-25(34)32-27(37)35(16-9-12-39-28(2,3)13-16)26(21)31-23(22(24)29)18-7-5-6-8-19(18)30/h4-8,16-17H,1,9-15H2,2-3H3/t16-,17-/m1/s1. The highest BCUT2D eigenvalue weighted by molar-refractivity contribution is 6.36. The minimum absolute atomic E-state index is 0.145. The number of anilines is 1. The molecule has 0 spiro atoms. The maximum atomic E-state index is 15.0. The van der Waals surface area contributed by atoms with Crippen molar-refractivity contribution in [3.63, 3.8) is 0 Å². The van der Waals surface area contributed by atoms with Crippen LogP contribution in [-0.4, -0.2) is 69.8 Å². The van der Waals surface area contributed by atoms with Gasteiger partial charge in [-0.2, -0.15) is 4.98 Å². The van der Waals surface area contributed by atoms with E-state index in [0.717, 1.165) is 0 Å². The molecular formula is C28H29ClFN5O4. The zero-order chi connectivity index (χ0) is 27.5. The number of carbonyl (C=O) groups is 1. The average Bonchev–Trinajstić information content (AvgIpc) is 3.07. The van der Waals surface area contributed by atoms with Crippen LogP contribution in [0.4, 0.5) is 10.2 Å². The molecule has 1 aromatic carbocycles. The third-order valence-electron chi connectivity index (χ3n) is 7.76. The van der Waals surface area contributed by atoms with Gasteiger partial charge >= 0.3 is 5.69 Å². The van der Waals surface area contributed by atoms with Crippen molar-refractivity contribution in [2.75, 3.05) is 37.7 Å². The predicted molar refractivity (Wildman–Crippen MR) is 146 cm³/mol. The molecule has 0 aliphatic carbocycles. The van der Waals surface area contributed by atoms with Gasteiger partial charge < -0.3 is 19.3 Å². The van der Waals surface area contributed by atoms with Gasteiger partial charge in [0.05, 0.1) is 17.3 Å². The molecule has 1 amide bonds. The Morgan fingerprint density at radius 1 is 1.23 bits per heavy atom. The van der Waals surface area contributed by atoms with Crippen LogP contribution in [0, 0.1) is 5.82 Å².